The van der Waals surface area contributed by atoms with Gasteiger partial charge in [-0.3, -0.25) is 9.89 Å². The van der Waals surface area contributed by atoms with E-state index in [4.69, 9.17) is 0 Å². The summed E-state index contributed by atoms with van der Waals surface area (Å²) in [6.45, 7) is 1.63. The van der Waals surface area contributed by atoms with Gasteiger partial charge >= 0.3 is 6.18 Å². The number of hydrogen-bond acceptors (Lipinski definition) is 2. The van der Waals surface area contributed by atoms with Gasteiger partial charge in [-0.1, -0.05) is 0 Å². The highest BCUT2D eigenvalue weighted by molar-refractivity contribution is 5.39. The van der Waals surface area contributed by atoms with Crippen LogP contribution in [0.2, 0.25) is 0 Å². The van der Waals surface area contributed by atoms with Crippen LogP contribution in [0.1, 0.15) is 11.4 Å². The molecule has 0 unspecified atom stereocenters. The van der Waals surface area contributed by atoms with Crippen molar-refractivity contribution in [3.8, 4) is 0 Å². The molecule has 0 amide bonds. The van der Waals surface area contributed by atoms with E-state index in [9.17, 15) is 18.0 Å². The maximum atomic E-state index is 12.3. The van der Waals surface area contributed by atoms with Gasteiger partial charge in [-0.2, -0.15) is 13.2 Å². The van der Waals surface area contributed by atoms with E-state index in [-0.39, 0.29) is 5.65 Å². The largest absolute Gasteiger partial charge is 0.433 e. The summed E-state index contributed by atoms with van der Waals surface area (Å²) in [5.74, 6) is 0. The van der Waals surface area contributed by atoms with Crippen LogP contribution in [0.5, 0.6) is 0 Å². The molecule has 0 aliphatic rings. The highest BCUT2D eigenvalue weighted by atomic mass is 19.4. The number of aromatic nitrogens is 3. The second-order valence-electron chi connectivity index (χ2n) is 3.11. The van der Waals surface area contributed by atoms with E-state index < -0.39 is 17.4 Å². The van der Waals surface area contributed by atoms with Gasteiger partial charge in [-0.15, -0.1) is 0 Å². The number of fused-ring (bicyclic) bond motifs is 1. The molecular weight excluding hydrogens is 211 g/mol. The van der Waals surface area contributed by atoms with Gasteiger partial charge in [-0.25, -0.2) is 9.50 Å². The van der Waals surface area contributed by atoms with Crippen molar-refractivity contribution in [3.63, 3.8) is 0 Å². The van der Waals surface area contributed by atoms with Crippen molar-refractivity contribution in [3.05, 3.63) is 33.9 Å². The number of halogens is 3. The van der Waals surface area contributed by atoms with E-state index in [1.165, 1.54) is 6.07 Å². The molecule has 0 saturated carbocycles. The van der Waals surface area contributed by atoms with Gasteiger partial charge in [0.05, 0.1) is 0 Å². The van der Waals surface area contributed by atoms with Crippen molar-refractivity contribution in [2.75, 3.05) is 0 Å². The third kappa shape index (κ3) is 1.60. The maximum Gasteiger partial charge on any atom is 0.433 e. The van der Waals surface area contributed by atoms with Crippen LogP contribution in [-0.2, 0) is 6.18 Å². The molecule has 0 atom stereocenters. The smallest absolute Gasteiger partial charge is 0.294 e. The van der Waals surface area contributed by atoms with Gasteiger partial charge in [-0.05, 0) is 6.92 Å². The molecule has 7 heteroatoms. The number of alkyl halides is 3. The number of rotatable bonds is 0. The molecule has 0 aliphatic carbocycles. The molecule has 80 valence electrons. The Morgan fingerprint density at radius 2 is 2.07 bits per heavy atom. The molecule has 0 fully saturated rings. The van der Waals surface area contributed by atoms with Crippen LogP contribution in [0.25, 0.3) is 5.65 Å². The maximum absolute atomic E-state index is 12.3. The lowest BCUT2D eigenvalue weighted by molar-refractivity contribution is -0.141. The first kappa shape index (κ1) is 9.75. The number of hydrogen-bond donors (Lipinski definition) is 1. The van der Waals surface area contributed by atoms with Crippen LogP contribution in [0, 0.1) is 6.92 Å². The molecule has 0 bridgehead atoms. The molecule has 2 aromatic rings. The van der Waals surface area contributed by atoms with Gasteiger partial charge < -0.3 is 0 Å². The first-order chi connectivity index (χ1) is 6.88. The number of aryl methyl sites for hydroxylation is 1. The lowest BCUT2D eigenvalue weighted by Gasteiger charge is -2.04. The fourth-order valence-electron chi connectivity index (χ4n) is 1.26. The van der Waals surface area contributed by atoms with Crippen LogP contribution in [0.3, 0.4) is 0 Å². The molecule has 4 nitrogen and oxygen atoms in total. The van der Waals surface area contributed by atoms with Gasteiger partial charge in [0.15, 0.2) is 11.3 Å². The number of H-pyrrole nitrogens is 1. The van der Waals surface area contributed by atoms with Gasteiger partial charge in [0.1, 0.15) is 0 Å². The lowest BCUT2D eigenvalue weighted by Crippen LogP contribution is -2.19. The van der Waals surface area contributed by atoms with Crippen LogP contribution in [0.15, 0.2) is 16.9 Å². The minimum Gasteiger partial charge on any atom is -0.294 e. The normalized spacial score (nSPS) is 12.3. The molecule has 1 N–H and O–H groups in total. The van der Waals surface area contributed by atoms with E-state index in [2.05, 4.69) is 10.1 Å². The fourth-order valence-corrected chi connectivity index (χ4v) is 1.26. The molecule has 0 saturated heterocycles. The van der Waals surface area contributed by atoms with Gasteiger partial charge in [0, 0.05) is 17.8 Å². The SMILES string of the molecule is Cc1cc2nc(C(F)(F)F)cc(=O)n2[nH]1. The van der Waals surface area contributed by atoms with Crippen molar-refractivity contribution >= 4 is 5.65 Å². The molecule has 0 aliphatic heterocycles. The van der Waals surface area contributed by atoms with E-state index in [0.29, 0.717) is 11.8 Å². The minimum atomic E-state index is -4.60. The number of nitrogens with one attached hydrogen (secondary N) is 1. The van der Waals surface area contributed by atoms with Gasteiger partial charge in [0.25, 0.3) is 5.56 Å². The Labute approximate surface area is 81.3 Å². The second kappa shape index (κ2) is 2.85. The average molecular weight is 217 g/mol. The van der Waals surface area contributed by atoms with Crippen molar-refractivity contribution < 1.29 is 13.2 Å². The number of aromatic amines is 1. The highest BCUT2D eigenvalue weighted by Gasteiger charge is 2.33. The zero-order chi connectivity index (χ0) is 11.2. The van der Waals surface area contributed by atoms with Crippen LogP contribution in [0.4, 0.5) is 13.2 Å². The standard InChI is InChI=1S/C8H6F3N3O/c1-4-2-6-12-5(8(9,10)11)3-7(15)14(6)13-4/h2-3,13H,1H3. The summed E-state index contributed by atoms with van der Waals surface area (Å²) in [6.07, 6.45) is -4.60. The zero-order valence-electron chi connectivity index (χ0n) is 7.59. The molecule has 0 aromatic carbocycles. The van der Waals surface area contributed by atoms with E-state index >= 15 is 0 Å². The molecule has 15 heavy (non-hydrogen) atoms. The average Bonchev–Trinajstić information content (AvgIpc) is 2.44. The van der Waals surface area contributed by atoms with Crippen molar-refractivity contribution in [2.24, 2.45) is 0 Å². The molecule has 0 spiro atoms. The summed E-state index contributed by atoms with van der Waals surface area (Å²) >= 11 is 0. The Morgan fingerprint density at radius 3 is 2.67 bits per heavy atom. The van der Waals surface area contributed by atoms with Crippen molar-refractivity contribution in [1.29, 1.82) is 0 Å². The predicted octanol–water partition coefficient (Wildman–Crippen LogP) is 1.35. The van der Waals surface area contributed by atoms with Crippen molar-refractivity contribution in [2.45, 2.75) is 13.1 Å². The predicted molar refractivity (Wildman–Crippen MR) is 45.6 cm³/mol. The third-order valence-corrected chi connectivity index (χ3v) is 1.87. The third-order valence-electron chi connectivity index (χ3n) is 1.87. The van der Waals surface area contributed by atoms with Crippen LogP contribution >= 0.6 is 0 Å². The summed E-state index contributed by atoms with van der Waals surface area (Å²) in [6, 6.07) is 1.83. The monoisotopic (exact) mass is 217 g/mol. The van der Waals surface area contributed by atoms with Crippen LogP contribution in [-0.4, -0.2) is 14.6 Å². The Hall–Kier alpha value is -1.79. The molecule has 2 rings (SSSR count). The topological polar surface area (TPSA) is 50.2 Å². The second-order valence-corrected chi connectivity index (χ2v) is 3.11. The molecular formula is C8H6F3N3O. The highest BCUT2D eigenvalue weighted by Crippen LogP contribution is 2.26. The lowest BCUT2D eigenvalue weighted by atomic mass is 10.4. The summed E-state index contributed by atoms with van der Waals surface area (Å²) in [7, 11) is 0. The summed E-state index contributed by atoms with van der Waals surface area (Å²) in [5, 5.41) is 2.58. The molecule has 2 heterocycles. The zero-order valence-corrected chi connectivity index (χ0v) is 7.59. The van der Waals surface area contributed by atoms with Crippen LogP contribution < -0.4 is 5.56 Å². The summed E-state index contributed by atoms with van der Waals surface area (Å²) in [4.78, 5) is 14.6. The fraction of sp³-hybridized carbons (Fsp3) is 0.250. The molecule has 2 aromatic heterocycles. The Kier molecular flexibility index (Phi) is 1.85. The van der Waals surface area contributed by atoms with Gasteiger partial charge in [0.2, 0.25) is 0 Å². The van der Waals surface area contributed by atoms with Crippen molar-refractivity contribution in [1.82, 2.24) is 14.6 Å². The summed E-state index contributed by atoms with van der Waals surface area (Å²) in [5.41, 5.74) is -1.42. The Bertz CT molecular complexity index is 566. The van der Waals surface area contributed by atoms with E-state index in [0.717, 1.165) is 4.52 Å². The Morgan fingerprint density at radius 1 is 1.40 bits per heavy atom. The number of nitrogens with zero attached hydrogens (tertiary/aromatic N) is 2. The Balaban J connectivity index is 2.78. The van der Waals surface area contributed by atoms with E-state index in [1.54, 1.807) is 6.92 Å². The summed E-state index contributed by atoms with van der Waals surface area (Å²) < 4.78 is 37.8. The first-order valence-corrected chi connectivity index (χ1v) is 4.04. The first-order valence-electron chi connectivity index (χ1n) is 4.04. The molecule has 0 radical (unpaired) electrons. The minimum absolute atomic E-state index is 0.0349. The van der Waals surface area contributed by atoms with E-state index in [1.807, 2.05) is 0 Å². The quantitative estimate of drug-likeness (QED) is 0.724.